The summed E-state index contributed by atoms with van der Waals surface area (Å²) < 4.78 is 0. The van der Waals surface area contributed by atoms with Crippen molar-refractivity contribution in [2.75, 3.05) is 18.4 Å². The number of hydrogen-bond acceptors (Lipinski definition) is 2. The largest absolute Gasteiger partial charge is 0.357 e. The zero-order valence-electron chi connectivity index (χ0n) is 16.8. The average Bonchev–Trinajstić information content (AvgIpc) is 3.13. The van der Waals surface area contributed by atoms with Gasteiger partial charge in [-0.15, -0.1) is 0 Å². The van der Waals surface area contributed by atoms with Crippen molar-refractivity contribution in [1.29, 1.82) is 0 Å². The third-order valence-corrected chi connectivity index (χ3v) is 6.10. The first-order valence-electron chi connectivity index (χ1n) is 10.1. The lowest BCUT2D eigenvalue weighted by atomic mass is 9.82. The van der Waals surface area contributed by atoms with Crippen molar-refractivity contribution in [3.05, 3.63) is 65.4 Å². The maximum Gasteiger partial charge on any atom is 0.0707 e. The van der Waals surface area contributed by atoms with E-state index in [1.807, 2.05) is 0 Å². The van der Waals surface area contributed by atoms with E-state index in [4.69, 9.17) is 0 Å². The molecule has 0 bridgehead atoms. The van der Waals surface area contributed by atoms with Crippen molar-refractivity contribution in [1.82, 2.24) is 4.90 Å². The summed E-state index contributed by atoms with van der Waals surface area (Å²) in [6, 6.07) is 6.79. The average molecular weight is 351 g/mol. The second kappa shape index (κ2) is 8.26. The first-order chi connectivity index (χ1) is 12.5. The van der Waals surface area contributed by atoms with Crippen molar-refractivity contribution >= 4 is 5.69 Å². The van der Waals surface area contributed by atoms with Crippen LogP contribution in [-0.2, 0) is 0 Å². The number of anilines is 1. The van der Waals surface area contributed by atoms with Crippen molar-refractivity contribution in [3.63, 3.8) is 0 Å². The molecule has 0 saturated carbocycles. The fourth-order valence-corrected chi connectivity index (χ4v) is 4.47. The molecule has 0 aromatic heterocycles. The number of nitrogens with one attached hydrogen (secondary N) is 1. The minimum absolute atomic E-state index is 0.322. The van der Waals surface area contributed by atoms with Crippen molar-refractivity contribution < 1.29 is 0 Å². The summed E-state index contributed by atoms with van der Waals surface area (Å²) in [5.74, 6) is 0.651. The lowest BCUT2D eigenvalue weighted by Gasteiger charge is -2.35. The maximum absolute atomic E-state index is 4.50. The van der Waals surface area contributed by atoms with Crippen LogP contribution in [0.4, 0.5) is 5.69 Å². The van der Waals surface area contributed by atoms with Gasteiger partial charge in [0, 0.05) is 11.4 Å². The molecule has 1 saturated heterocycles. The highest BCUT2D eigenvalue weighted by Crippen LogP contribution is 2.35. The molecule has 2 heteroatoms. The summed E-state index contributed by atoms with van der Waals surface area (Å²) in [5.41, 5.74) is 7.79. The third kappa shape index (κ3) is 4.12. The number of aryl methyl sites for hydroxylation is 2. The molecule has 1 N–H and O–H groups in total. The molecule has 3 rings (SSSR count). The van der Waals surface area contributed by atoms with E-state index in [0.29, 0.717) is 12.0 Å². The van der Waals surface area contributed by atoms with Gasteiger partial charge in [0.15, 0.2) is 0 Å². The summed E-state index contributed by atoms with van der Waals surface area (Å²) in [7, 11) is 0. The van der Waals surface area contributed by atoms with Gasteiger partial charge in [-0.25, -0.2) is 0 Å². The predicted molar refractivity (Wildman–Crippen MR) is 114 cm³/mol. The van der Waals surface area contributed by atoms with Gasteiger partial charge in [-0.1, -0.05) is 48.6 Å². The zero-order chi connectivity index (χ0) is 18.7. The molecule has 1 aromatic carbocycles. The van der Waals surface area contributed by atoms with Crippen LogP contribution in [0.15, 0.2) is 54.3 Å². The van der Waals surface area contributed by atoms with Gasteiger partial charge < -0.3 is 5.32 Å². The molecule has 1 fully saturated rings. The van der Waals surface area contributed by atoms with Crippen LogP contribution in [0.25, 0.3) is 0 Å². The topological polar surface area (TPSA) is 15.3 Å². The van der Waals surface area contributed by atoms with E-state index in [2.05, 4.69) is 68.4 Å². The van der Waals surface area contributed by atoms with Gasteiger partial charge >= 0.3 is 0 Å². The van der Waals surface area contributed by atoms with Crippen LogP contribution >= 0.6 is 0 Å². The molecule has 0 spiro atoms. The molecule has 140 valence electrons. The van der Waals surface area contributed by atoms with Crippen LogP contribution in [0.1, 0.15) is 50.2 Å². The first kappa shape index (κ1) is 19.0. The molecule has 1 aliphatic heterocycles. The normalized spacial score (nSPS) is 22.0. The molecule has 1 heterocycles. The summed E-state index contributed by atoms with van der Waals surface area (Å²) in [6.07, 6.45) is 8.59. The SMILES string of the molecule is C=C(C)C1CC=C(C(C(=C)Nc2c(C)cccc2C)N2CCCC2)CC1. The van der Waals surface area contributed by atoms with E-state index < -0.39 is 0 Å². The fraction of sp³-hybridized carbons (Fsp3) is 0.500. The first-order valence-corrected chi connectivity index (χ1v) is 10.1. The fourth-order valence-electron chi connectivity index (χ4n) is 4.47. The Kier molecular flexibility index (Phi) is 6.03. The quantitative estimate of drug-likeness (QED) is 0.633. The summed E-state index contributed by atoms with van der Waals surface area (Å²) in [4.78, 5) is 2.62. The molecule has 2 aliphatic rings. The molecular weight excluding hydrogens is 316 g/mol. The molecule has 1 aliphatic carbocycles. The Balaban J connectivity index is 1.82. The van der Waals surface area contributed by atoms with Crippen LogP contribution in [0, 0.1) is 19.8 Å². The Labute approximate surface area is 159 Å². The van der Waals surface area contributed by atoms with Crippen LogP contribution in [0.5, 0.6) is 0 Å². The van der Waals surface area contributed by atoms with Crippen LogP contribution in [0.2, 0.25) is 0 Å². The molecule has 2 unspecified atom stereocenters. The highest BCUT2D eigenvalue weighted by atomic mass is 15.2. The molecule has 26 heavy (non-hydrogen) atoms. The van der Waals surface area contributed by atoms with Crippen molar-refractivity contribution in [2.45, 2.75) is 58.9 Å². The van der Waals surface area contributed by atoms with E-state index in [0.717, 1.165) is 18.5 Å². The number of allylic oxidation sites excluding steroid dienone is 2. The number of para-hydroxylation sites is 1. The molecule has 1 aromatic rings. The van der Waals surface area contributed by atoms with Gasteiger partial charge in [-0.2, -0.15) is 0 Å². The van der Waals surface area contributed by atoms with Crippen molar-refractivity contribution in [3.8, 4) is 0 Å². The monoisotopic (exact) mass is 350 g/mol. The van der Waals surface area contributed by atoms with E-state index in [9.17, 15) is 0 Å². The second-order valence-corrected chi connectivity index (χ2v) is 8.16. The number of hydrogen-bond donors (Lipinski definition) is 1. The molecule has 0 amide bonds. The van der Waals surface area contributed by atoms with E-state index in [-0.39, 0.29) is 0 Å². The molecular formula is C24H34N2. The van der Waals surface area contributed by atoms with Crippen LogP contribution in [-0.4, -0.2) is 24.0 Å². The van der Waals surface area contributed by atoms with Gasteiger partial charge in [0.2, 0.25) is 0 Å². The minimum Gasteiger partial charge on any atom is -0.357 e. The Morgan fingerprint density at radius 2 is 1.81 bits per heavy atom. The Morgan fingerprint density at radius 1 is 1.15 bits per heavy atom. The second-order valence-electron chi connectivity index (χ2n) is 8.16. The van der Waals surface area contributed by atoms with Gasteiger partial charge in [0.05, 0.1) is 6.04 Å². The highest BCUT2D eigenvalue weighted by Gasteiger charge is 2.30. The third-order valence-electron chi connectivity index (χ3n) is 6.10. The van der Waals surface area contributed by atoms with E-state index in [1.165, 1.54) is 54.7 Å². The van der Waals surface area contributed by atoms with Crippen LogP contribution in [0.3, 0.4) is 0 Å². The Hall–Kier alpha value is -1.80. The lowest BCUT2D eigenvalue weighted by molar-refractivity contribution is 0.293. The predicted octanol–water partition coefficient (Wildman–Crippen LogP) is 6.00. The van der Waals surface area contributed by atoms with Crippen LogP contribution < -0.4 is 5.32 Å². The summed E-state index contributed by atoms with van der Waals surface area (Å²) in [5, 5.41) is 3.69. The maximum atomic E-state index is 4.50. The smallest absolute Gasteiger partial charge is 0.0707 e. The van der Waals surface area contributed by atoms with Crippen molar-refractivity contribution in [2.24, 2.45) is 5.92 Å². The highest BCUT2D eigenvalue weighted by molar-refractivity contribution is 5.60. The van der Waals surface area contributed by atoms with Gasteiger partial charge in [-0.05, 0) is 83.0 Å². The van der Waals surface area contributed by atoms with E-state index >= 15 is 0 Å². The number of benzene rings is 1. The molecule has 0 radical (unpaired) electrons. The van der Waals surface area contributed by atoms with E-state index in [1.54, 1.807) is 5.57 Å². The number of rotatable bonds is 6. The Morgan fingerprint density at radius 3 is 2.35 bits per heavy atom. The zero-order valence-corrected chi connectivity index (χ0v) is 16.8. The summed E-state index contributed by atoms with van der Waals surface area (Å²) >= 11 is 0. The van der Waals surface area contributed by atoms with Gasteiger partial charge in [0.25, 0.3) is 0 Å². The Bertz CT molecular complexity index is 687. The standard InChI is InChI=1S/C24H34N2/c1-17(2)21-11-13-22(14-12-21)24(26-15-6-7-16-26)20(5)25-23-18(3)9-8-10-19(23)4/h8-10,13,21,24-25H,1,5-7,11-12,14-16H2,2-4H3. The summed E-state index contributed by atoms with van der Waals surface area (Å²) in [6.45, 7) is 17.5. The molecule has 2 nitrogen and oxygen atoms in total. The number of nitrogens with zero attached hydrogens (tertiary/aromatic N) is 1. The lowest BCUT2D eigenvalue weighted by Crippen LogP contribution is -2.38. The molecule has 2 atom stereocenters. The number of likely N-dealkylation sites (tertiary alicyclic amines) is 1. The van der Waals surface area contributed by atoms with Gasteiger partial charge in [0.1, 0.15) is 0 Å². The van der Waals surface area contributed by atoms with Gasteiger partial charge in [-0.3, -0.25) is 4.90 Å². The minimum atomic E-state index is 0.322.